The van der Waals surface area contributed by atoms with Crippen LogP contribution in [0.1, 0.15) is 26.3 Å². The Hall–Kier alpha value is -4.29. The van der Waals surface area contributed by atoms with E-state index in [1.54, 1.807) is 18.2 Å². The van der Waals surface area contributed by atoms with Gasteiger partial charge in [0.15, 0.2) is 0 Å². The number of hydrogen-bond donors (Lipinski definition) is 3. The summed E-state index contributed by atoms with van der Waals surface area (Å²) in [4.78, 5) is 25.9. The Balaban J connectivity index is 1.55. The number of phenols is 1. The molecule has 0 atom stereocenters. The summed E-state index contributed by atoms with van der Waals surface area (Å²) in [5, 5.41) is 15.3. The second-order valence-corrected chi connectivity index (χ2v) is 8.14. The molecule has 0 bridgehead atoms. The fourth-order valence-corrected chi connectivity index (χ4v) is 3.59. The van der Waals surface area contributed by atoms with E-state index in [-0.39, 0.29) is 27.8 Å². The van der Waals surface area contributed by atoms with Gasteiger partial charge < -0.3 is 20.5 Å². The van der Waals surface area contributed by atoms with Gasteiger partial charge in [-0.05, 0) is 60.5 Å². The molecule has 6 nitrogen and oxygen atoms in total. The van der Waals surface area contributed by atoms with Crippen molar-refractivity contribution in [2.75, 3.05) is 11.9 Å². The van der Waals surface area contributed by atoms with Gasteiger partial charge in [0.25, 0.3) is 11.8 Å². The van der Waals surface area contributed by atoms with Crippen LogP contribution in [0.4, 0.5) is 5.69 Å². The van der Waals surface area contributed by atoms with Crippen LogP contribution >= 0.6 is 11.6 Å². The number of ether oxygens (including phenoxy) is 1. The van der Waals surface area contributed by atoms with Gasteiger partial charge in [-0.15, -0.1) is 0 Å². The molecule has 0 aliphatic heterocycles. The molecule has 0 saturated heterocycles. The SMILES string of the molecule is O=C(Nc1ccc(Oc2ccccc2)cc1C(=O)NCCc1ccccc1)c1ccc(O)c(Cl)c1. The van der Waals surface area contributed by atoms with Gasteiger partial charge in [0.05, 0.1) is 16.3 Å². The molecule has 0 radical (unpaired) electrons. The van der Waals surface area contributed by atoms with Crippen molar-refractivity contribution in [3.8, 4) is 17.2 Å². The summed E-state index contributed by atoms with van der Waals surface area (Å²) in [5.74, 6) is 0.137. The van der Waals surface area contributed by atoms with E-state index in [1.807, 2.05) is 60.7 Å². The predicted octanol–water partition coefficient (Wildman–Crippen LogP) is 6.06. The first-order valence-corrected chi connectivity index (χ1v) is 11.4. The molecule has 0 aliphatic rings. The summed E-state index contributed by atoms with van der Waals surface area (Å²) in [5.41, 5.74) is 1.92. The molecule has 0 aromatic heterocycles. The van der Waals surface area contributed by atoms with Crippen molar-refractivity contribution < 1.29 is 19.4 Å². The van der Waals surface area contributed by atoms with Crippen LogP contribution in [0.5, 0.6) is 17.2 Å². The number of para-hydroxylation sites is 1. The molecule has 0 unspecified atom stereocenters. The van der Waals surface area contributed by atoms with Crippen molar-refractivity contribution in [3.63, 3.8) is 0 Å². The maximum absolute atomic E-state index is 13.1. The van der Waals surface area contributed by atoms with Crippen molar-refractivity contribution in [2.24, 2.45) is 0 Å². The van der Waals surface area contributed by atoms with Crippen molar-refractivity contribution in [2.45, 2.75) is 6.42 Å². The molecule has 4 rings (SSSR count). The summed E-state index contributed by atoms with van der Waals surface area (Å²) in [7, 11) is 0. The topological polar surface area (TPSA) is 87.7 Å². The van der Waals surface area contributed by atoms with Crippen LogP contribution in [0.25, 0.3) is 0 Å². The van der Waals surface area contributed by atoms with Crippen LogP contribution in [0, 0.1) is 0 Å². The summed E-state index contributed by atoms with van der Waals surface area (Å²) in [6, 6.07) is 28.1. The molecule has 4 aromatic rings. The zero-order valence-corrected chi connectivity index (χ0v) is 19.5. The van der Waals surface area contributed by atoms with Crippen molar-refractivity contribution >= 4 is 29.1 Å². The lowest BCUT2D eigenvalue weighted by atomic mass is 10.1. The van der Waals surface area contributed by atoms with Crippen LogP contribution in [-0.4, -0.2) is 23.5 Å². The Morgan fingerprint density at radius 2 is 1.51 bits per heavy atom. The molecular formula is C28H23ClN2O4. The Morgan fingerprint density at radius 3 is 2.23 bits per heavy atom. The Labute approximate surface area is 208 Å². The molecule has 7 heteroatoms. The average molecular weight is 487 g/mol. The highest BCUT2D eigenvalue weighted by Gasteiger charge is 2.17. The second-order valence-electron chi connectivity index (χ2n) is 7.73. The van der Waals surface area contributed by atoms with Crippen molar-refractivity contribution in [3.05, 3.63) is 119 Å². The first-order valence-electron chi connectivity index (χ1n) is 11.0. The van der Waals surface area contributed by atoms with Gasteiger partial charge in [0, 0.05) is 12.1 Å². The van der Waals surface area contributed by atoms with E-state index >= 15 is 0 Å². The molecular weight excluding hydrogens is 464 g/mol. The van der Waals surface area contributed by atoms with Gasteiger partial charge in [-0.1, -0.05) is 60.1 Å². The summed E-state index contributed by atoms with van der Waals surface area (Å²) < 4.78 is 5.88. The van der Waals surface area contributed by atoms with E-state index in [4.69, 9.17) is 16.3 Å². The second kappa shape index (κ2) is 11.2. The number of benzene rings is 4. The Bertz CT molecular complexity index is 1330. The Kier molecular flexibility index (Phi) is 7.65. The monoisotopic (exact) mass is 486 g/mol. The van der Waals surface area contributed by atoms with Crippen LogP contribution in [0.15, 0.2) is 97.1 Å². The zero-order chi connectivity index (χ0) is 24.6. The maximum atomic E-state index is 13.1. The molecule has 0 aliphatic carbocycles. The van der Waals surface area contributed by atoms with Gasteiger partial charge in [-0.2, -0.15) is 0 Å². The lowest BCUT2D eigenvalue weighted by Gasteiger charge is -2.14. The van der Waals surface area contributed by atoms with Crippen molar-refractivity contribution in [1.82, 2.24) is 5.32 Å². The van der Waals surface area contributed by atoms with Crippen LogP contribution in [0.3, 0.4) is 0 Å². The fourth-order valence-electron chi connectivity index (χ4n) is 3.41. The van der Waals surface area contributed by atoms with Crippen LogP contribution in [0.2, 0.25) is 5.02 Å². The number of nitrogens with one attached hydrogen (secondary N) is 2. The number of halogens is 1. The van der Waals surface area contributed by atoms with Gasteiger partial charge in [-0.3, -0.25) is 9.59 Å². The predicted molar refractivity (Wildman–Crippen MR) is 137 cm³/mol. The van der Waals surface area contributed by atoms with Crippen LogP contribution in [-0.2, 0) is 6.42 Å². The third-order valence-corrected chi connectivity index (χ3v) is 5.52. The summed E-state index contributed by atoms with van der Waals surface area (Å²) in [6.07, 6.45) is 0.667. The smallest absolute Gasteiger partial charge is 0.255 e. The standard InChI is InChI=1S/C28H23ClN2O4/c29-24-17-20(11-14-26(24)32)27(33)31-25-13-12-22(35-21-9-5-2-6-10-21)18-23(25)28(34)30-16-15-19-7-3-1-4-8-19/h1-14,17-18,32H,15-16H2,(H,30,34)(H,31,33). The average Bonchev–Trinajstić information content (AvgIpc) is 2.87. The number of carbonyl (C=O) groups is 2. The maximum Gasteiger partial charge on any atom is 0.255 e. The number of aromatic hydroxyl groups is 1. The van der Waals surface area contributed by atoms with Crippen LogP contribution < -0.4 is 15.4 Å². The summed E-state index contributed by atoms with van der Waals surface area (Å²) in [6.45, 7) is 0.424. The molecule has 0 heterocycles. The highest BCUT2D eigenvalue weighted by atomic mass is 35.5. The third kappa shape index (κ3) is 6.40. The fraction of sp³-hybridized carbons (Fsp3) is 0.0714. The molecule has 3 N–H and O–H groups in total. The number of phenolic OH excluding ortho intramolecular Hbond substituents is 1. The molecule has 2 amide bonds. The highest BCUT2D eigenvalue weighted by molar-refractivity contribution is 6.32. The quantitative estimate of drug-likeness (QED) is 0.282. The third-order valence-electron chi connectivity index (χ3n) is 5.21. The largest absolute Gasteiger partial charge is 0.506 e. The number of amides is 2. The number of hydrogen-bond acceptors (Lipinski definition) is 4. The normalized spacial score (nSPS) is 10.4. The molecule has 4 aromatic carbocycles. The minimum Gasteiger partial charge on any atom is -0.506 e. The van der Waals surface area contributed by atoms with E-state index in [0.717, 1.165) is 5.56 Å². The zero-order valence-electron chi connectivity index (χ0n) is 18.7. The Morgan fingerprint density at radius 1 is 0.800 bits per heavy atom. The van der Waals surface area contributed by atoms with Gasteiger partial charge in [0.2, 0.25) is 0 Å². The number of carbonyl (C=O) groups excluding carboxylic acids is 2. The minimum atomic E-state index is -0.470. The van der Waals surface area contributed by atoms with Crippen molar-refractivity contribution in [1.29, 1.82) is 0 Å². The first kappa shape index (κ1) is 23.9. The molecule has 0 saturated carbocycles. The number of anilines is 1. The van der Waals surface area contributed by atoms with E-state index in [9.17, 15) is 14.7 Å². The molecule has 35 heavy (non-hydrogen) atoms. The lowest BCUT2D eigenvalue weighted by Crippen LogP contribution is -2.27. The van der Waals surface area contributed by atoms with E-state index in [1.165, 1.54) is 18.2 Å². The first-order chi connectivity index (χ1) is 17.0. The van der Waals surface area contributed by atoms with Gasteiger partial charge in [-0.25, -0.2) is 0 Å². The van der Waals surface area contributed by atoms with E-state index < -0.39 is 5.91 Å². The molecule has 0 fully saturated rings. The molecule has 0 spiro atoms. The highest BCUT2D eigenvalue weighted by Crippen LogP contribution is 2.28. The minimum absolute atomic E-state index is 0.0585. The van der Waals surface area contributed by atoms with Gasteiger partial charge in [0.1, 0.15) is 17.2 Å². The lowest BCUT2D eigenvalue weighted by molar-refractivity contribution is 0.0954. The van der Waals surface area contributed by atoms with E-state index in [2.05, 4.69) is 10.6 Å². The molecule has 176 valence electrons. The summed E-state index contributed by atoms with van der Waals surface area (Å²) >= 11 is 5.94. The number of rotatable bonds is 8. The van der Waals surface area contributed by atoms with E-state index in [0.29, 0.717) is 30.2 Å². The van der Waals surface area contributed by atoms with Gasteiger partial charge >= 0.3 is 0 Å².